The van der Waals surface area contributed by atoms with Gasteiger partial charge >= 0.3 is 0 Å². The van der Waals surface area contributed by atoms with Crippen LogP contribution in [0.1, 0.15) is 5.56 Å². The second kappa shape index (κ2) is 6.12. The lowest BCUT2D eigenvalue weighted by atomic mass is 10.2. The van der Waals surface area contributed by atoms with E-state index in [-0.39, 0.29) is 11.5 Å². The average Bonchev–Trinajstić information content (AvgIpc) is 2.32. The highest BCUT2D eigenvalue weighted by atomic mass is 79.9. The number of hydrogen-bond acceptors (Lipinski definition) is 2. The van der Waals surface area contributed by atoms with Crippen LogP contribution in [-0.4, -0.2) is 7.05 Å². The van der Waals surface area contributed by atoms with Crippen molar-refractivity contribution in [1.29, 1.82) is 0 Å². The van der Waals surface area contributed by atoms with Gasteiger partial charge in [-0.1, -0.05) is 22.0 Å². The predicted octanol–water partition coefficient (Wildman–Crippen LogP) is 4.24. The fraction of sp³-hybridized carbons (Fsp3) is 0.143. The fourth-order valence-corrected chi connectivity index (χ4v) is 2.10. The number of rotatable bonds is 4. The summed E-state index contributed by atoms with van der Waals surface area (Å²) in [7, 11) is 1.78. The lowest BCUT2D eigenvalue weighted by molar-refractivity contribution is 0.437. The van der Waals surface area contributed by atoms with E-state index in [0.717, 1.165) is 5.56 Å². The van der Waals surface area contributed by atoms with Gasteiger partial charge in [0.1, 0.15) is 11.6 Å². The van der Waals surface area contributed by atoms with Gasteiger partial charge in [-0.05, 0) is 36.9 Å². The first-order valence-corrected chi connectivity index (χ1v) is 6.45. The lowest BCUT2D eigenvalue weighted by Crippen LogP contribution is -2.05. The van der Waals surface area contributed by atoms with Gasteiger partial charge in [0.2, 0.25) is 0 Å². The molecule has 100 valence electrons. The molecular weight excluding hydrogens is 316 g/mol. The van der Waals surface area contributed by atoms with Crippen molar-refractivity contribution in [1.82, 2.24) is 5.32 Å². The van der Waals surface area contributed by atoms with E-state index in [9.17, 15) is 8.78 Å². The minimum absolute atomic E-state index is 0.0670. The molecule has 19 heavy (non-hydrogen) atoms. The van der Waals surface area contributed by atoms with Gasteiger partial charge in [-0.3, -0.25) is 0 Å². The Morgan fingerprint density at radius 2 is 1.95 bits per heavy atom. The van der Waals surface area contributed by atoms with Crippen LogP contribution in [-0.2, 0) is 6.54 Å². The van der Waals surface area contributed by atoms with Crippen LogP contribution >= 0.6 is 15.9 Å². The van der Waals surface area contributed by atoms with Gasteiger partial charge in [0.05, 0.1) is 0 Å². The first-order valence-electron chi connectivity index (χ1n) is 5.65. The maximum Gasteiger partial charge on any atom is 0.166 e. The largest absolute Gasteiger partial charge is 0.454 e. The van der Waals surface area contributed by atoms with E-state index in [1.165, 1.54) is 24.3 Å². The summed E-state index contributed by atoms with van der Waals surface area (Å²) < 4.78 is 32.9. The first kappa shape index (κ1) is 14.0. The number of hydrogen-bond donors (Lipinski definition) is 1. The van der Waals surface area contributed by atoms with Crippen molar-refractivity contribution in [2.45, 2.75) is 6.54 Å². The third-order valence-electron chi connectivity index (χ3n) is 2.44. The molecule has 2 aromatic rings. The van der Waals surface area contributed by atoms with Gasteiger partial charge in [-0.15, -0.1) is 0 Å². The highest BCUT2D eigenvalue weighted by molar-refractivity contribution is 9.10. The molecule has 0 aliphatic heterocycles. The Hall–Kier alpha value is -1.46. The molecule has 5 heteroatoms. The SMILES string of the molecule is CNCc1ccc(Oc2cc(F)cc(Br)c2)c(F)c1. The lowest BCUT2D eigenvalue weighted by Gasteiger charge is -2.09. The molecule has 0 bridgehead atoms. The normalized spacial score (nSPS) is 10.5. The van der Waals surface area contributed by atoms with Crippen LogP contribution in [0.5, 0.6) is 11.5 Å². The maximum absolute atomic E-state index is 13.8. The molecule has 1 N–H and O–H groups in total. The van der Waals surface area contributed by atoms with E-state index >= 15 is 0 Å². The van der Waals surface area contributed by atoms with Crippen molar-refractivity contribution in [3.8, 4) is 11.5 Å². The Kier molecular flexibility index (Phi) is 4.50. The second-order valence-electron chi connectivity index (χ2n) is 4.00. The Morgan fingerprint density at radius 1 is 1.16 bits per heavy atom. The Morgan fingerprint density at radius 3 is 2.58 bits per heavy atom. The highest BCUT2D eigenvalue weighted by Crippen LogP contribution is 2.28. The van der Waals surface area contributed by atoms with Gasteiger partial charge in [-0.25, -0.2) is 8.78 Å². The Labute approximate surface area is 118 Å². The molecule has 2 aromatic carbocycles. The third kappa shape index (κ3) is 3.75. The minimum Gasteiger partial charge on any atom is -0.454 e. The smallest absolute Gasteiger partial charge is 0.166 e. The predicted molar refractivity (Wildman–Crippen MR) is 73.3 cm³/mol. The van der Waals surface area contributed by atoms with Crippen molar-refractivity contribution in [3.63, 3.8) is 0 Å². The molecule has 2 rings (SSSR count). The van der Waals surface area contributed by atoms with E-state index in [1.807, 2.05) is 0 Å². The van der Waals surface area contributed by atoms with E-state index in [2.05, 4.69) is 21.2 Å². The van der Waals surface area contributed by atoms with Crippen molar-refractivity contribution in [2.24, 2.45) is 0 Å². The molecule has 2 nitrogen and oxygen atoms in total. The quantitative estimate of drug-likeness (QED) is 0.906. The minimum atomic E-state index is -0.479. The summed E-state index contributed by atoms with van der Waals surface area (Å²) in [5.41, 5.74) is 0.813. The summed E-state index contributed by atoms with van der Waals surface area (Å²) in [6.45, 7) is 0.572. The zero-order valence-electron chi connectivity index (χ0n) is 10.2. The van der Waals surface area contributed by atoms with E-state index in [4.69, 9.17) is 4.74 Å². The molecular formula is C14H12BrF2NO. The standard InChI is InChI=1S/C14H12BrF2NO/c1-18-8-9-2-3-14(13(17)4-9)19-12-6-10(15)5-11(16)7-12/h2-7,18H,8H2,1H3. The van der Waals surface area contributed by atoms with Crippen molar-refractivity contribution < 1.29 is 13.5 Å². The van der Waals surface area contributed by atoms with Crippen molar-refractivity contribution in [3.05, 3.63) is 58.1 Å². The molecule has 0 fully saturated rings. The second-order valence-corrected chi connectivity index (χ2v) is 4.92. The van der Waals surface area contributed by atoms with Crippen LogP contribution in [0, 0.1) is 11.6 Å². The van der Waals surface area contributed by atoms with Crippen LogP contribution < -0.4 is 10.1 Å². The maximum atomic E-state index is 13.8. The van der Waals surface area contributed by atoms with Crippen LogP contribution in [0.3, 0.4) is 0 Å². The zero-order chi connectivity index (χ0) is 13.8. The summed E-state index contributed by atoms with van der Waals surface area (Å²) in [5, 5.41) is 2.93. The molecule has 0 aliphatic rings. The summed E-state index contributed by atoms with van der Waals surface area (Å²) in [6.07, 6.45) is 0. The van der Waals surface area contributed by atoms with Crippen molar-refractivity contribution in [2.75, 3.05) is 7.05 Å². The third-order valence-corrected chi connectivity index (χ3v) is 2.90. The molecule has 0 saturated heterocycles. The molecule has 0 atom stereocenters. The van der Waals surface area contributed by atoms with Crippen LogP contribution in [0.2, 0.25) is 0 Å². The van der Waals surface area contributed by atoms with Gasteiger partial charge in [0.25, 0.3) is 0 Å². The Bertz CT molecular complexity index is 569. The Balaban J connectivity index is 2.23. The summed E-state index contributed by atoms with van der Waals surface area (Å²) in [6, 6.07) is 8.75. The molecule has 0 aromatic heterocycles. The molecule has 0 spiro atoms. The summed E-state index contributed by atoms with van der Waals surface area (Å²) >= 11 is 3.15. The van der Waals surface area contributed by atoms with Gasteiger partial charge in [-0.2, -0.15) is 0 Å². The van der Waals surface area contributed by atoms with Gasteiger partial charge < -0.3 is 10.1 Å². The molecule has 0 aliphatic carbocycles. The number of halogens is 3. The number of ether oxygens (including phenoxy) is 1. The number of nitrogens with one attached hydrogen (secondary N) is 1. The van der Waals surface area contributed by atoms with Crippen LogP contribution in [0.15, 0.2) is 40.9 Å². The van der Waals surface area contributed by atoms with Gasteiger partial charge in [0, 0.05) is 17.1 Å². The molecule has 0 heterocycles. The van der Waals surface area contributed by atoms with Gasteiger partial charge in [0.15, 0.2) is 11.6 Å². The van der Waals surface area contributed by atoms with Crippen molar-refractivity contribution >= 4 is 15.9 Å². The molecule has 0 amide bonds. The first-order chi connectivity index (χ1) is 9.08. The highest BCUT2D eigenvalue weighted by Gasteiger charge is 2.07. The average molecular weight is 328 g/mol. The topological polar surface area (TPSA) is 21.3 Å². The van der Waals surface area contributed by atoms with Crippen LogP contribution in [0.25, 0.3) is 0 Å². The number of benzene rings is 2. The fourth-order valence-electron chi connectivity index (χ4n) is 1.66. The van der Waals surface area contributed by atoms with E-state index in [0.29, 0.717) is 11.0 Å². The molecule has 0 saturated carbocycles. The van der Waals surface area contributed by atoms with E-state index < -0.39 is 11.6 Å². The zero-order valence-corrected chi connectivity index (χ0v) is 11.8. The monoisotopic (exact) mass is 327 g/mol. The van der Waals surface area contributed by atoms with Crippen LogP contribution in [0.4, 0.5) is 8.78 Å². The molecule has 0 unspecified atom stereocenters. The molecule has 0 radical (unpaired) electrons. The van der Waals surface area contributed by atoms with E-state index in [1.54, 1.807) is 19.2 Å². The summed E-state index contributed by atoms with van der Waals surface area (Å²) in [4.78, 5) is 0. The summed E-state index contributed by atoms with van der Waals surface area (Å²) in [5.74, 6) is -0.616.